The number of pyridine rings is 1. The van der Waals surface area contributed by atoms with Crippen LogP contribution < -0.4 is 5.73 Å². The van der Waals surface area contributed by atoms with Crippen molar-refractivity contribution in [2.24, 2.45) is 0 Å². The lowest BCUT2D eigenvalue weighted by Gasteiger charge is -2.16. The summed E-state index contributed by atoms with van der Waals surface area (Å²) in [6.45, 7) is -1.18. The fourth-order valence-corrected chi connectivity index (χ4v) is 1.26. The number of alkyl halides is 5. The van der Waals surface area contributed by atoms with Gasteiger partial charge in [0.05, 0.1) is 6.61 Å². The summed E-state index contributed by atoms with van der Waals surface area (Å²) in [6.07, 6.45) is -7.56. The molecule has 1 rings (SSSR count). The Labute approximate surface area is 86.7 Å². The third kappa shape index (κ3) is 2.21. The van der Waals surface area contributed by atoms with Gasteiger partial charge < -0.3 is 10.8 Å². The highest BCUT2D eigenvalue weighted by Gasteiger charge is 2.38. The zero-order valence-electron chi connectivity index (χ0n) is 7.72. The van der Waals surface area contributed by atoms with Crippen molar-refractivity contribution in [1.29, 1.82) is 0 Å². The van der Waals surface area contributed by atoms with E-state index >= 15 is 0 Å². The standard InChI is InChI=1S/C8H7F5N2O/c9-6(10)3-1-15-7(14)5(4(3)2-16)8(11,12)13/h1,6,16H,2H2,(H2,14,15). The molecule has 0 spiro atoms. The first-order valence-electron chi connectivity index (χ1n) is 4.02. The molecule has 0 radical (unpaired) electrons. The highest BCUT2D eigenvalue weighted by Crippen LogP contribution is 2.38. The van der Waals surface area contributed by atoms with Crippen LogP contribution in [0.5, 0.6) is 0 Å². The number of nitrogens with zero attached hydrogens (tertiary/aromatic N) is 1. The van der Waals surface area contributed by atoms with Crippen LogP contribution in [-0.2, 0) is 12.8 Å². The van der Waals surface area contributed by atoms with Crippen molar-refractivity contribution in [1.82, 2.24) is 4.98 Å². The third-order valence-electron chi connectivity index (χ3n) is 1.93. The summed E-state index contributed by atoms with van der Waals surface area (Å²) in [5.41, 5.74) is 1.55. The quantitative estimate of drug-likeness (QED) is 0.781. The summed E-state index contributed by atoms with van der Waals surface area (Å²) >= 11 is 0. The van der Waals surface area contributed by atoms with Gasteiger partial charge in [0.1, 0.15) is 11.4 Å². The zero-order chi connectivity index (χ0) is 12.5. The Bertz CT molecular complexity index is 391. The molecule has 0 aliphatic carbocycles. The van der Waals surface area contributed by atoms with Crippen molar-refractivity contribution in [3.63, 3.8) is 0 Å². The molecule has 0 fully saturated rings. The number of aliphatic hydroxyl groups is 1. The second kappa shape index (κ2) is 4.20. The van der Waals surface area contributed by atoms with Gasteiger partial charge in [-0.25, -0.2) is 13.8 Å². The van der Waals surface area contributed by atoms with E-state index in [1.165, 1.54) is 0 Å². The van der Waals surface area contributed by atoms with Crippen LogP contribution in [0.2, 0.25) is 0 Å². The molecule has 3 nitrogen and oxygen atoms in total. The summed E-state index contributed by atoms with van der Waals surface area (Å²) in [5, 5.41) is 8.72. The Hall–Kier alpha value is -1.44. The average molecular weight is 242 g/mol. The molecule has 90 valence electrons. The second-order valence-corrected chi connectivity index (χ2v) is 2.91. The van der Waals surface area contributed by atoms with Crippen molar-refractivity contribution in [3.8, 4) is 0 Å². The van der Waals surface area contributed by atoms with Crippen molar-refractivity contribution < 1.29 is 27.1 Å². The Morgan fingerprint density at radius 2 is 1.94 bits per heavy atom. The largest absolute Gasteiger partial charge is 0.420 e. The van der Waals surface area contributed by atoms with Gasteiger partial charge >= 0.3 is 6.18 Å². The highest BCUT2D eigenvalue weighted by atomic mass is 19.4. The van der Waals surface area contributed by atoms with Crippen LogP contribution in [0.3, 0.4) is 0 Å². The van der Waals surface area contributed by atoms with Crippen molar-refractivity contribution >= 4 is 5.82 Å². The number of aromatic nitrogens is 1. The van der Waals surface area contributed by atoms with Gasteiger partial charge in [0, 0.05) is 17.3 Å². The lowest BCUT2D eigenvalue weighted by Crippen LogP contribution is -2.16. The van der Waals surface area contributed by atoms with Gasteiger partial charge in [-0.15, -0.1) is 0 Å². The van der Waals surface area contributed by atoms with Gasteiger partial charge in [-0.3, -0.25) is 0 Å². The van der Waals surface area contributed by atoms with E-state index in [-0.39, 0.29) is 0 Å². The smallest absolute Gasteiger partial charge is 0.392 e. The van der Waals surface area contributed by atoms with Crippen molar-refractivity contribution in [2.45, 2.75) is 19.2 Å². The minimum atomic E-state index is -4.93. The minimum Gasteiger partial charge on any atom is -0.392 e. The average Bonchev–Trinajstić information content (AvgIpc) is 2.14. The van der Waals surface area contributed by atoms with Gasteiger partial charge in [0.2, 0.25) is 0 Å². The molecular weight excluding hydrogens is 235 g/mol. The van der Waals surface area contributed by atoms with Crippen LogP contribution in [0.1, 0.15) is 23.1 Å². The summed E-state index contributed by atoms with van der Waals surface area (Å²) in [5.74, 6) is -0.930. The van der Waals surface area contributed by atoms with E-state index in [4.69, 9.17) is 10.8 Å². The van der Waals surface area contributed by atoms with Crippen molar-refractivity contribution in [3.05, 3.63) is 22.9 Å². The van der Waals surface area contributed by atoms with Crippen LogP contribution in [0.25, 0.3) is 0 Å². The molecule has 0 atom stereocenters. The van der Waals surface area contributed by atoms with Crippen LogP contribution in [0.4, 0.5) is 27.8 Å². The van der Waals surface area contributed by atoms with Crippen LogP contribution in [0, 0.1) is 0 Å². The summed E-state index contributed by atoms with van der Waals surface area (Å²) < 4.78 is 62.1. The van der Waals surface area contributed by atoms with Gasteiger partial charge in [-0.2, -0.15) is 13.2 Å². The van der Waals surface area contributed by atoms with E-state index in [1.807, 2.05) is 0 Å². The lowest BCUT2D eigenvalue weighted by molar-refractivity contribution is -0.138. The number of aliphatic hydroxyl groups excluding tert-OH is 1. The highest BCUT2D eigenvalue weighted by molar-refractivity contribution is 5.49. The van der Waals surface area contributed by atoms with Crippen LogP contribution in [-0.4, -0.2) is 10.1 Å². The number of nitrogen functional groups attached to an aromatic ring is 1. The van der Waals surface area contributed by atoms with E-state index in [1.54, 1.807) is 0 Å². The first-order valence-corrected chi connectivity index (χ1v) is 4.02. The summed E-state index contributed by atoms with van der Waals surface area (Å²) in [7, 11) is 0. The number of nitrogens with two attached hydrogens (primary N) is 1. The maximum Gasteiger partial charge on any atom is 0.420 e. The number of rotatable bonds is 2. The van der Waals surface area contributed by atoms with E-state index in [9.17, 15) is 22.0 Å². The summed E-state index contributed by atoms with van der Waals surface area (Å²) in [4.78, 5) is 3.04. The van der Waals surface area contributed by atoms with E-state index in [0.717, 1.165) is 0 Å². The Morgan fingerprint density at radius 3 is 2.31 bits per heavy atom. The molecule has 1 aromatic heterocycles. The first kappa shape index (κ1) is 12.6. The molecule has 1 heterocycles. The van der Waals surface area contributed by atoms with E-state index in [0.29, 0.717) is 6.20 Å². The van der Waals surface area contributed by atoms with E-state index < -0.39 is 41.7 Å². The lowest BCUT2D eigenvalue weighted by atomic mass is 10.0. The van der Waals surface area contributed by atoms with Gasteiger partial charge in [0.15, 0.2) is 0 Å². The third-order valence-corrected chi connectivity index (χ3v) is 1.93. The molecule has 0 saturated carbocycles. The molecule has 8 heteroatoms. The Balaban J connectivity index is 3.51. The van der Waals surface area contributed by atoms with E-state index in [2.05, 4.69) is 4.98 Å². The molecule has 1 aromatic rings. The molecular formula is C8H7F5N2O. The number of halogens is 5. The Kier molecular flexibility index (Phi) is 3.32. The normalized spacial score (nSPS) is 12.2. The predicted octanol–water partition coefficient (Wildman–Crippen LogP) is 2.11. The fourth-order valence-electron chi connectivity index (χ4n) is 1.26. The molecule has 0 aliphatic heterocycles. The van der Waals surface area contributed by atoms with Crippen LogP contribution in [0.15, 0.2) is 6.20 Å². The topological polar surface area (TPSA) is 59.1 Å². The van der Waals surface area contributed by atoms with Gasteiger partial charge in [0.25, 0.3) is 6.43 Å². The summed E-state index contributed by atoms with van der Waals surface area (Å²) in [6, 6.07) is 0. The molecule has 0 aliphatic rings. The zero-order valence-corrected chi connectivity index (χ0v) is 7.72. The fraction of sp³-hybridized carbons (Fsp3) is 0.375. The molecule has 0 amide bonds. The van der Waals surface area contributed by atoms with Crippen LogP contribution >= 0.6 is 0 Å². The monoisotopic (exact) mass is 242 g/mol. The Morgan fingerprint density at radius 1 is 1.38 bits per heavy atom. The molecule has 0 saturated heterocycles. The van der Waals surface area contributed by atoms with Crippen molar-refractivity contribution in [2.75, 3.05) is 5.73 Å². The molecule has 16 heavy (non-hydrogen) atoms. The maximum absolute atomic E-state index is 12.5. The van der Waals surface area contributed by atoms with Gasteiger partial charge in [-0.05, 0) is 0 Å². The maximum atomic E-state index is 12.5. The predicted molar refractivity (Wildman–Crippen MR) is 44.5 cm³/mol. The number of hydrogen-bond donors (Lipinski definition) is 2. The molecule has 0 unspecified atom stereocenters. The van der Waals surface area contributed by atoms with Gasteiger partial charge in [-0.1, -0.05) is 0 Å². The second-order valence-electron chi connectivity index (χ2n) is 2.91. The molecule has 3 N–H and O–H groups in total. The SMILES string of the molecule is Nc1ncc(C(F)F)c(CO)c1C(F)(F)F. The minimum absolute atomic E-state index is 0.529. The number of hydrogen-bond acceptors (Lipinski definition) is 3. The number of anilines is 1. The molecule has 0 bridgehead atoms. The first-order chi connectivity index (χ1) is 7.29. The molecule has 0 aromatic carbocycles.